The average molecular weight is 283 g/mol. The molecule has 0 radical (unpaired) electrons. The number of rotatable bonds is 3. The van der Waals surface area contributed by atoms with Crippen molar-refractivity contribution in [3.05, 3.63) is 40.6 Å². The molecule has 0 unspecified atom stereocenters. The Bertz CT molecular complexity index is 507. The van der Waals surface area contributed by atoms with Gasteiger partial charge >= 0.3 is 5.97 Å². The van der Waals surface area contributed by atoms with Crippen molar-refractivity contribution in [3.63, 3.8) is 0 Å². The van der Waals surface area contributed by atoms with Crippen LogP contribution in [0.25, 0.3) is 0 Å². The minimum Gasteiger partial charge on any atom is -0.477 e. The first-order valence-corrected chi connectivity index (χ1v) is 5.16. The fraction of sp³-hybridized carbons (Fsp3) is 0. The lowest BCUT2D eigenvalue weighted by molar-refractivity contribution is 0.0690. The number of aromatic nitrogens is 2. The Morgan fingerprint density at radius 2 is 2.06 bits per heavy atom. The Hall–Kier alpha value is -1.82. The molecule has 82 valence electrons. The van der Waals surface area contributed by atoms with Crippen LogP contribution < -0.4 is 4.74 Å². The lowest BCUT2D eigenvalue weighted by Gasteiger charge is -2.00. The van der Waals surface area contributed by atoms with E-state index in [-0.39, 0.29) is 11.7 Å². The molecule has 16 heavy (non-hydrogen) atoms. The summed E-state index contributed by atoms with van der Waals surface area (Å²) in [6.07, 6.45) is 1.20. The third-order valence-corrected chi connectivity index (χ3v) is 2.34. The van der Waals surface area contributed by atoms with E-state index in [0.29, 0.717) is 5.75 Å². The van der Waals surface area contributed by atoms with Crippen LogP contribution in [0.15, 0.2) is 34.9 Å². The third kappa shape index (κ3) is 2.40. The van der Waals surface area contributed by atoms with Crippen molar-refractivity contribution < 1.29 is 14.6 Å². The van der Waals surface area contributed by atoms with Crippen molar-refractivity contribution in [2.45, 2.75) is 0 Å². The number of ether oxygens (including phenoxy) is 1. The van der Waals surface area contributed by atoms with Gasteiger partial charge in [-0.1, -0.05) is 15.9 Å². The quantitative estimate of drug-likeness (QED) is 0.908. The Balaban J connectivity index is 2.14. The summed E-state index contributed by atoms with van der Waals surface area (Å²) < 4.78 is 6.25. The number of carboxylic acid groups (broad SMARTS) is 1. The number of hydrogen-bond donors (Lipinski definition) is 2. The lowest BCUT2D eigenvalue weighted by Crippen LogP contribution is -1.95. The normalized spacial score (nSPS) is 10.1. The average Bonchev–Trinajstić information content (AvgIpc) is 2.70. The maximum absolute atomic E-state index is 10.6. The molecule has 0 aliphatic rings. The van der Waals surface area contributed by atoms with Crippen LogP contribution in [-0.2, 0) is 0 Å². The lowest BCUT2D eigenvalue weighted by atomic mass is 10.3. The highest BCUT2D eigenvalue weighted by Crippen LogP contribution is 2.20. The van der Waals surface area contributed by atoms with Gasteiger partial charge in [0, 0.05) is 4.47 Å². The predicted octanol–water partition coefficient (Wildman–Crippen LogP) is 2.66. The minimum atomic E-state index is -1.07. The van der Waals surface area contributed by atoms with Gasteiger partial charge in [0.25, 0.3) is 6.01 Å². The van der Waals surface area contributed by atoms with Crippen molar-refractivity contribution in [2.24, 2.45) is 0 Å². The molecular weight excluding hydrogens is 276 g/mol. The van der Waals surface area contributed by atoms with E-state index in [0.717, 1.165) is 4.47 Å². The van der Waals surface area contributed by atoms with Crippen LogP contribution in [0.4, 0.5) is 0 Å². The fourth-order valence-corrected chi connectivity index (χ4v) is 1.34. The molecule has 0 aliphatic carbocycles. The molecule has 5 nitrogen and oxygen atoms in total. The summed E-state index contributed by atoms with van der Waals surface area (Å²) in [6.45, 7) is 0. The molecule has 0 saturated heterocycles. The van der Waals surface area contributed by atoms with E-state index in [1.54, 1.807) is 12.1 Å². The van der Waals surface area contributed by atoms with Gasteiger partial charge in [0.15, 0.2) is 0 Å². The van der Waals surface area contributed by atoms with E-state index in [1.807, 2.05) is 12.1 Å². The Morgan fingerprint density at radius 1 is 1.38 bits per heavy atom. The van der Waals surface area contributed by atoms with E-state index in [1.165, 1.54) is 6.20 Å². The molecular formula is C10H7BrN2O3. The van der Waals surface area contributed by atoms with Crippen LogP contribution in [0.1, 0.15) is 10.5 Å². The minimum absolute atomic E-state index is 0.00730. The van der Waals surface area contributed by atoms with Crippen molar-refractivity contribution in [1.82, 2.24) is 9.97 Å². The SMILES string of the molecule is O=C(O)c1cnc(Oc2ccc(Br)cc2)[nH]1. The van der Waals surface area contributed by atoms with Gasteiger partial charge < -0.3 is 14.8 Å². The molecule has 1 aromatic heterocycles. The molecule has 0 bridgehead atoms. The molecule has 2 rings (SSSR count). The summed E-state index contributed by atoms with van der Waals surface area (Å²) in [5.41, 5.74) is -0.00730. The monoisotopic (exact) mass is 282 g/mol. The molecule has 0 spiro atoms. The summed E-state index contributed by atoms with van der Waals surface area (Å²) in [6, 6.07) is 7.27. The number of hydrogen-bond acceptors (Lipinski definition) is 3. The van der Waals surface area contributed by atoms with Gasteiger partial charge in [-0.3, -0.25) is 0 Å². The highest BCUT2D eigenvalue weighted by Gasteiger charge is 2.08. The second kappa shape index (κ2) is 4.36. The number of aromatic amines is 1. The highest BCUT2D eigenvalue weighted by molar-refractivity contribution is 9.10. The second-order valence-electron chi connectivity index (χ2n) is 2.96. The largest absolute Gasteiger partial charge is 0.477 e. The van der Waals surface area contributed by atoms with Crippen LogP contribution in [-0.4, -0.2) is 21.0 Å². The maximum Gasteiger partial charge on any atom is 0.354 e. The number of nitrogens with zero attached hydrogens (tertiary/aromatic N) is 1. The Morgan fingerprint density at radius 3 is 2.62 bits per heavy atom. The number of imidazole rings is 1. The van der Waals surface area contributed by atoms with Crippen molar-refractivity contribution >= 4 is 21.9 Å². The van der Waals surface area contributed by atoms with Gasteiger partial charge in [-0.15, -0.1) is 0 Å². The number of halogens is 1. The smallest absolute Gasteiger partial charge is 0.354 e. The van der Waals surface area contributed by atoms with Crippen molar-refractivity contribution in [1.29, 1.82) is 0 Å². The Labute approximate surface area is 99.2 Å². The fourth-order valence-electron chi connectivity index (χ4n) is 1.08. The van der Waals surface area contributed by atoms with Crippen LogP contribution in [0, 0.1) is 0 Å². The van der Waals surface area contributed by atoms with E-state index >= 15 is 0 Å². The maximum atomic E-state index is 10.6. The molecule has 0 fully saturated rings. The molecule has 2 N–H and O–H groups in total. The molecule has 0 atom stereocenters. The standard InChI is InChI=1S/C10H7BrN2O3/c11-6-1-3-7(4-2-6)16-10-12-5-8(13-10)9(14)15/h1-5H,(H,12,13)(H,14,15). The van der Waals surface area contributed by atoms with Crippen molar-refractivity contribution in [3.8, 4) is 11.8 Å². The number of aromatic carboxylic acids is 1. The van der Waals surface area contributed by atoms with Crippen LogP contribution in [0.2, 0.25) is 0 Å². The van der Waals surface area contributed by atoms with E-state index in [9.17, 15) is 4.79 Å². The second-order valence-corrected chi connectivity index (χ2v) is 3.88. The molecule has 2 aromatic rings. The first-order chi connectivity index (χ1) is 7.65. The molecule has 0 amide bonds. The molecule has 0 aliphatic heterocycles. The van der Waals surface area contributed by atoms with Gasteiger partial charge in [-0.05, 0) is 24.3 Å². The van der Waals surface area contributed by atoms with Crippen LogP contribution >= 0.6 is 15.9 Å². The van der Waals surface area contributed by atoms with Gasteiger partial charge in [0.2, 0.25) is 0 Å². The number of nitrogens with one attached hydrogen (secondary N) is 1. The molecule has 1 aromatic carbocycles. The first kappa shape index (κ1) is 10.7. The predicted molar refractivity (Wildman–Crippen MR) is 59.8 cm³/mol. The van der Waals surface area contributed by atoms with Crippen LogP contribution in [0.3, 0.4) is 0 Å². The summed E-state index contributed by atoms with van der Waals surface area (Å²) >= 11 is 3.30. The zero-order chi connectivity index (χ0) is 11.5. The highest BCUT2D eigenvalue weighted by atomic mass is 79.9. The zero-order valence-corrected chi connectivity index (χ0v) is 9.56. The molecule has 1 heterocycles. The summed E-state index contributed by atoms with van der Waals surface area (Å²) in [5.74, 6) is -0.493. The van der Waals surface area contributed by atoms with E-state index in [2.05, 4.69) is 25.9 Å². The van der Waals surface area contributed by atoms with E-state index in [4.69, 9.17) is 9.84 Å². The number of H-pyrrole nitrogens is 1. The topological polar surface area (TPSA) is 75.2 Å². The molecule has 0 saturated carbocycles. The zero-order valence-electron chi connectivity index (χ0n) is 7.98. The van der Waals surface area contributed by atoms with Crippen LogP contribution in [0.5, 0.6) is 11.8 Å². The number of benzene rings is 1. The molecule has 6 heteroatoms. The Kier molecular flexibility index (Phi) is 2.91. The summed E-state index contributed by atoms with van der Waals surface area (Å²) in [4.78, 5) is 16.9. The summed E-state index contributed by atoms with van der Waals surface area (Å²) in [5, 5.41) is 8.67. The number of carboxylic acids is 1. The summed E-state index contributed by atoms with van der Waals surface area (Å²) in [7, 11) is 0. The van der Waals surface area contributed by atoms with Crippen molar-refractivity contribution in [2.75, 3.05) is 0 Å². The first-order valence-electron chi connectivity index (χ1n) is 4.37. The third-order valence-electron chi connectivity index (χ3n) is 1.81. The van der Waals surface area contributed by atoms with Gasteiger partial charge in [-0.25, -0.2) is 9.78 Å². The van der Waals surface area contributed by atoms with Gasteiger partial charge in [0.1, 0.15) is 11.4 Å². The van der Waals surface area contributed by atoms with Gasteiger partial charge in [-0.2, -0.15) is 0 Å². The van der Waals surface area contributed by atoms with E-state index < -0.39 is 5.97 Å². The number of carbonyl (C=O) groups is 1. The van der Waals surface area contributed by atoms with Gasteiger partial charge in [0.05, 0.1) is 6.20 Å².